The number of rotatable bonds is 7. The molecule has 0 atom stereocenters. The van der Waals surface area contributed by atoms with Gasteiger partial charge >= 0.3 is 0 Å². The molecule has 0 aromatic heterocycles. The van der Waals surface area contributed by atoms with Crippen molar-refractivity contribution in [1.29, 1.82) is 0 Å². The topological polar surface area (TPSA) is 67.4 Å². The van der Waals surface area contributed by atoms with Crippen molar-refractivity contribution in [3.63, 3.8) is 0 Å². The number of hydrogen-bond donors (Lipinski definition) is 2. The lowest BCUT2D eigenvalue weighted by Gasteiger charge is -2.11. The lowest BCUT2D eigenvalue weighted by Crippen LogP contribution is -2.13. The molecule has 138 valence electrons. The number of carbonyl (C=O) groups is 2. The molecule has 2 N–H and O–H groups in total. The number of nitrogens with one attached hydrogen (secondary N) is 2. The number of anilines is 2. The number of amides is 2. The summed E-state index contributed by atoms with van der Waals surface area (Å²) >= 11 is 0. The lowest BCUT2D eigenvalue weighted by atomic mass is 10.1. The fourth-order valence-electron chi connectivity index (χ4n) is 2.34. The fraction of sp³-hybridized carbons (Fsp3) is 0.333. The molecule has 0 aliphatic rings. The van der Waals surface area contributed by atoms with Crippen molar-refractivity contribution < 1.29 is 14.3 Å². The van der Waals surface area contributed by atoms with Crippen LogP contribution in [0.2, 0.25) is 0 Å². The molecular weight excluding hydrogens is 328 g/mol. The summed E-state index contributed by atoms with van der Waals surface area (Å²) < 4.78 is 5.66. The summed E-state index contributed by atoms with van der Waals surface area (Å²) in [6.45, 7) is 8.32. The second-order valence-electron chi connectivity index (χ2n) is 6.72. The SMILES string of the molecule is CC(=O)Nc1cc(NC(=O)c2ccc(OCCC(C)C)cc2)ccc1C. The molecule has 0 aliphatic carbocycles. The Bertz CT molecular complexity index is 767. The monoisotopic (exact) mass is 354 g/mol. The largest absolute Gasteiger partial charge is 0.494 e. The molecule has 2 aromatic rings. The van der Waals surface area contributed by atoms with Crippen LogP contribution in [0.4, 0.5) is 11.4 Å². The smallest absolute Gasteiger partial charge is 0.255 e. The molecule has 2 rings (SSSR count). The summed E-state index contributed by atoms with van der Waals surface area (Å²) in [6.07, 6.45) is 0.992. The predicted octanol–water partition coefficient (Wildman–Crippen LogP) is 4.63. The lowest BCUT2D eigenvalue weighted by molar-refractivity contribution is -0.114. The molecule has 5 nitrogen and oxygen atoms in total. The molecule has 0 unspecified atom stereocenters. The normalized spacial score (nSPS) is 10.5. The molecule has 2 aromatic carbocycles. The zero-order valence-electron chi connectivity index (χ0n) is 15.8. The number of carbonyl (C=O) groups excluding carboxylic acids is 2. The molecule has 0 fully saturated rings. The third-order valence-corrected chi connectivity index (χ3v) is 3.89. The maximum Gasteiger partial charge on any atom is 0.255 e. The van der Waals surface area contributed by atoms with E-state index in [4.69, 9.17) is 4.74 Å². The van der Waals surface area contributed by atoms with Gasteiger partial charge in [-0.3, -0.25) is 9.59 Å². The molecule has 0 heterocycles. The summed E-state index contributed by atoms with van der Waals surface area (Å²) in [6, 6.07) is 12.5. The number of benzene rings is 2. The van der Waals surface area contributed by atoms with Crippen LogP contribution in [0.15, 0.2) is 42.5 Å². The average Bonchev–Trinajstić information content (AvgIpc) is 2.57. The van der Waals surface area contributed by atoms with Crippen LogP contribution in [0.3, 0.4) is 0 Å². The van der Waals surface area contributed by atoms with Crippen molar-refractivity contribution in [3.05, 3.63) is 53.6 Å². The minimum atomic E-state index is -0.212. The minimum Gasteiger partial charge on any atom is -0.494 e. The fourth-order valence-corrected chi connectivity index (χ4v) is 2.34. The standard InChI is InChI=1S/C21H26N2O3/c1-14(2)11-12-26-19-9-6-17(7-10-19)21(25)23-18-8-5-15(3)20(13-18)22-16(4)24/h5-10,13-14H,11-12H2,1-4H3,(H,22,24)(H,23,25). The Morgan fingerprint density at radius 1 is 1.04 bits per heavy atom. The van der Waals surface area contributed by atoms with Crippen molar-refractivity contribution in [1.82, 2.24) is 0 Å². The van der Waals surface area contributed by atoms with E-state index in [1.807, 2.05) is 19.1 Å². The van der Waals surface area contributed by atoms with E-state index in [1.165, 1.54) is 6.92 Å². The van der Waals surface area contributed by atoms with Gasteiger partial charge in [-0.1, -0.05) is 19.9 Å². The van der Waals surface area contributed by atoms with Crippen LogP contribution in [-0.4, -0.2) is 18.4 Å². The Labute approximate surface area is 154 Å². The van der Waals surface area contributed by atoms with Crippen LogP contribution in [0, 0.1) is 12.8 Å². The molecule has 0 bridgehead atoms. The molecule has 2 amide bonds. The van der Waals surface area contributed by atoms with Crippen molar-refractivity contribution in [2.45, 2.75) is 34.1 Å². The highest BCUT2D eigenvalue weighted by molar-refractivity contribution is 6.04. The van der Waals surface area contributed by atoms with E-state index in [9.17, 15) is 9.59 Å². The van der Waals surface area contributed by atoms with E-state index in [0.717, 1.165) is 17.7 Å². The quantitative estimate of drug-likeness (QED) is 0.762. The number of hydrogen-bond acceptors (Lipinski definition) is 3. The molecule has 0 spiro atoms. The summed E-state index contributed by atoms with van der Waals surface area (Å²) in [4.78, 5) is 23.7. The van der Waals surface area contributed by atoms with E-state index < -0.39 is 0 Å². The number of ether oxygens (including phenoxy) is 1. The summed E-state index contributed by atoms with van der Waals surface area (Å²) in [5.74, 6) is 0.989. The van der Waals surface area contributed by atoms with Gasteiger partial charge in [-0.2, -0.15) is 0 Å². The van der Waals surface area contributed by atoms with Crippen LogP contribution in [0.1, 0.15) is 43.1 Å². The Kier molecular flexibility index (Phi) is 6.78. The second-order valence-corrected chi connectivity index (χ2v) is 6.72. The molecular formula is C21H26N2O3. The van der Waals surface area contributed by atoms with Crippen LogP contribution >= 0.6 is 0 Å². The molecule has 26 heavy (non-hydrogen) atoms. The Morgan fingerprint density at radius 2 is 1.73 bits per heavy atom. The van der Waals surface area contributed by atoms with E-state index in [-0.39, 0.29) is 11.8 Å². The van der Waals surface area contributed by atoms with Gasteiger partial charge in [0.1, 0.15) is 5.75 Å². The summed E-state index contributed by atoms with van der Waals surface area (Å²) in [5, 5.41) is 5.60. The van der Waals surface area contributed by atoms with Gasteiger partial charge in [-0.15, -0.1) is 0 Å². The zero-order valence-corrected chi connectivity index (χ0v) is 15.8. The molecule has 0 saturated heterocycles. The van der Waals surface area contributed by atoms with Crippen molar-refractivity contribution >= 4 is 23.2 Å². The van der Waals surface area contributed by atoms with Gasteiger partial charge in [0.2, 0.25) is 5.91 Å². The summed E-state index contributed by atoms with van der Waals surface area (Å²) in [5.41, 5.74) is 2.79. The van der Waals surface area contributed by atoms with Crippen molar-refractivity contribution in [3.8, 4) is 5.75 Å². The third-order valence-electron chi connectivity index (χ3n) is 3.89. The molecule has 0 saturated carbocycles. The van der Waals surface area contributed by atoms with Gasteiger partial charge in [-0.05, 0) is 61.2 Å². The van der Waals surface area contributed by atoms with Crippen LogP contribution in [-0.2, 0) is 4.79 Å². The van der Waals surface area contributed by atoms with E-state index in [1.54, 1.807) is 30.3 Å². The molecule has 5 heteroatoms. The van der Waals surface area contributed by atoms with Crippen LogP contribution in [0.25, 0.3) is 0 Å². The van der Waals surface area contributed by atoms with Crippen LogP contribution < -0.4 is 15.4 Å². The zero-order chi connectivity index (χ0) is 19.1. The van der Waals surface area contributed by atoms with Gasteiger partial charge in [0.25, 0.3) is 5.91 Å². The Morgan fingerprint density at radius 3 is 2.35 bits per heavy atom. The maximum atomic E-state index is 12.4. The van der Waals surface area contributed by atoms with Gasteiger partial charge in [0.15, 0.2) is 0 Å². The van der Waals surface area contributed by atoms with E-state index >= 15 is 0 Å². The van der Waals surface area contributed by atoms with Crippen LogP contribution in [0.5, 0.6) is 5.75 Å². The minimum absolute atomic E-state index is 0.148. The van der Waals surface area contributed by atoms with Gasteiger partial charge in [0, 0.05) is 23.9 Å². The number of aryl methyl sites for hydroxylation is 1. The first-order valence-corrected chi connectivity index (χ1v) is 8.77. The summed E-state index contributed by atoms with van der Waals surface area (Å²) in [7, 11) is 0. The van der Waals surface area contributed by atoms with E-state index in [2.05, 4.69) is 24.5 Å². The maximum absolute atomic E-state index is 12.4. The first-order chi connectivity index (χ1) is 12.3. The highest BCUT2D eigenvalue weighted by Gasteiger charge is 2.08. The first kappa shape index (κ1) is 19.5. The van der Waals surface area contributed by atoms with Gasteiger partial charge < -0.3 is 15.4 Å². The average molecular weight is 354 g/mol. The highest BCUT2D eigenvalue weighted by Crippen LogP contribution is 2.21. The molecule has 0 aliphatic heterocycles. The van der Waals surface area contributed by atoms with Crippen molar-refractivity contribution in [2.24, 2.45) is 5.92 Å². The predicted molar refractivity (Wildman–Crippen MR) is 105 cm³/mol. The van der Waals surface area contributed by atoms with Crippen molar-refractivity contribution in [2.75, 3.05) is 17.2 Å². The van der Waals surface area contributed by atoms with Gasteiger partial charge in [0.05, 0.1) is 6.61 Å². The Hall–Kier alpha value is -2.82. The van der Waals surface area contributed by atoms with E-state index in [0.29, 0.717) is 29.5 Å². The highest BCUT2D eigenvalue weighted by atomic mass is 16.5. The third kappa shape index (κ3) is 5.92. The second kappa shape index (κ2) is 9.04. The van der Waals surface area contributed by atoms with Gasteiger partial charge in [-0.25, -0.2) is 0 Å². The first-order valence-electron chi connectivity index (χ1n) is 8.77. The molecule has 0 radical (unpaired) electrons. The Balaban J connectivity index is 2.00.